The lowest BCUT2D eigenvalue weighted by Crippen LogP contribution is -2.04. The van der Waals surface area contributed by atoms with E-state index in [0.29, 0.717) is 12.2 Å². The smallest absolute Gasteiger partial charge is 0.336 e. The summed E-state index contributed by atoms with van der Waals surface area (Å²) < 4.78 is 5.50. The minimum Gasteiger partial charge on any atom is -0.478 e. The highest BCUT2D eigenvalue weighted by molar-refractivity contribution is 5.89. The Bertz CT molecular complexity index is 369. The van der Waals surface area contributed by atoms with E-state index in [0.717, 1.165) is 24.5 Å². The Balaban J connectivity index is 1.84. The van der Waals surface area contributed by atoms with Crippen molar-refractivity contribution in [3.8, 4) is 0 Å². The molecule has 16 heavy (non-hydrogen) atoms. The molecule has 0 unspecified atom stereocenters. The molecule has 0 saturated heterocycles. The first-order valence-electron chi connectivity index (χ1n) is 5.66. The van der Waals surface area contributed by atoms with Crippen LogP contribution in [0.25, 0.3) is 0 Å². The molecular weight excluding hydrogens is 204 g/mol. The van der Waals surface area contributed by atoms with E-state index in [2.05, 4.69) is 0 Å². The summed E-state index contributed by atoms with van der Waals surface area (Å²) in [5.41, 5.74) is 1.10. The van der Waals surface area contributed by atoms with Crippen LogP contribution in [-0.4, -0.2) is 17.7 Å². The minimum atomic E-state index is -0.888. The zero-order chi connectivity index (χ0) is 11.4. The van der Waals surface area contributed by atoms with Gasteiger partial charge in [-0.1, -0.05) is 31.0 Å². The Morgan fingerprint density at radius 1 is 1.38 bits per heavy atom. The third-order valence-corrected chi connectivity index (χ3v) is 2.87. The van der Waals surface area contributed by atoms with Gasteiger partial charge in [-0.25, -0.2) is 4.79 Å². The van der Waals surface area contributed by atoms with Crippen LogP contribution in [0.5, 0.6) is 0 Å². The molecule has 0 aliphatic heterocycles. The molecule has 3 heteroatoms. The third-order valence-electron chi connectivity index (χ3n) is 2.87. The second kappa shape index (κ2) is 5.12. The molecule has 0 bridgehead atoms. The summed E-state index contributed by atoms with van der Waals surface area (Å²) in [7, 11) is 0. The van der Waals surface area contributed by atoms with Gasteiger partial charge < -0.3 is 9.84 Å². The fourth-order valence-electron chi connectivity index (χ4n) is 1.69. The Hall–Kier alpha value is -1.35. The van der Waals surface area contributed by atoms with Gasteiger partial charge in [-0.15, -0.1) is 0 Å². The van der Waals surface area contributed by atoms with Gasteiger partial charge >= 0.3 is 5.97 Å². The lowest BCUT2D eigenvalue weighted by molar-refractivity contribution is 0.0686. The number of carboxylic acids is 1. The fraction of sp³-hybridized carbons (Fsp3) is 0.462. The third kappa shape index (κ3) is 3.07. The maximum atomic E-state index is 10.9. The van der Waals surface area contributed by atoms with Crippen molar-refractivity contribution in [2.75, 3.05) is 6.61 Å². The number of hydrogen-bond acceptors (Lipinski definition) is 2. The molecule has 0 atom stereocenters. The Morgan fingerprint density at radius 2 is 2.12 bits per heavy atom. The van der Waals surface area contributed by atoms with E-state index in [1.54, 1.807) is 18.2 Å². The molecule has 0 radical (unpaired) electrons. The molecule has 3 nitrogen and oxygen atoms in total. The molecule has 0 aromatic heterocycles. The Kier molecular flexibility index (Phi) is 3.57. The first kappa shape index (κ1) is 11.1. The van der Waals surface area contributed by atoms with Crippen LogP contribution in [0.15, 0.2) is 24.3 Å². The quantitative estimate of drug-likeness (QED) is 0.750. The van der Waals surface area contributed by atoms with Crippen LogP contribution in [0.4, 0.5) is 0 Å². The van der Waals surface area contributed by atoms with E-state index < -0.39 is 5.97 Å². The summed E-state index contributed by atoms with van der Waals surface area (Å²) in [6, 6.07) is 6.99. The molecule has 1 N–H and O–H groups in total. The van der Waals surface area contributed by atoms with Gasteiger partial charge in [0.05, 0.1) is 12.2 Å². The van der Waals surface area contributed by atoms with Gasteiger partial charge in [0.1, 0.15) is 0 Å². The van der Waals surface area contributed by atoms with Gasteiger partial charge in [0.25, 0.3) is 0 Å². The number of ether oxygens (including phenoxy) is 1. The zero-order valence-electron chi connectivity index (χ0n) is 9.19. The Labute approximate surface area is 95.0 Å². The second-order valence-electron chi connectivity index (χ2n) is 4.25. The highest BCUT2D eigenvalue weighted by Crippen LogP contribution is 2.32. The highest BCUT2D eigenvalue weighted by atomic mass is 16.5. The molecule has 1 saturated carbocycles. The predicted octanol–water partition coefficient (Wildman–Crippen LogP) is 2.70. The summed E-state index contributed by atoms with van der Waals surface area (Å²) in [6.07, 6.45) is 3.76. The summed E-state index contributed by atoms with van der Waals surface area (Å²) >= 11 is 0. The molecule has 0 heterocycles. The van der Waals surface area contributed by atoms with Crippen molar-refractivity contribution in [3.05, 3.63) is 35.4 Å². The van der Waals surface area contributed by atoms with Crippen molar-refractivity contribution in [1.82, 2.24) is 0 Å². The van der Waals surface area contributed by atoms with Crippen LogP contribution in [0.3, 0.4) is 0 Å². The topological polar surface area (TPSA) is 46.5 Å². The fourth-order valence-corrected chi connectivity index (χ4v) is 1.69. The molecule has 0 amide bonds. The molecule has 1 aromatic rings. The molecule has 2 rings (SSSR count). The van der Waals surface area contributed by atoms with Gasteiger partial charge in [-0.05, 0) is 24.0 Å². The van der Waals surface area contributed by atoms with Crippen LogP contribution in [0, 0.1) is 5.92 Å². The van der Waals surface area contributed by atoms with Gasteiger partial charge in [-0.2, -0.15) is 0 Å². The Morgan fingerprint density at radius 3 is 2.81 bits per heavy atom. The van der Waals surface area contributed by atoms with E-state index in [1.165, 1.54) is 12.8 Å². The van der Waals surface area contributed by atoms with Crippen LogP contribution < -0.4 is 0 Å². The van der Waals surface area contributed by atoms with Gasteiger partial charge in [-0.3, -0.25) is 0 Å². The number of carbonyl (C=O) groups is 1. The largest absolute Gasteiger partial charge is 0.478 e. The molecule has 1 fully saturated rings. The first-order valence-corrected chi connectivity index (χ1v) is 5.66. The van der Waals surface area contributed by atoms with Crippen molar-refractivity contribution in [2.45, 2.75) is 25.9 Å². The molecule has 0 spiro atoms. The summed E-state index contributed by atoms with van der Waals surface area (Å²) in [6.45, 7) is 1.13. The summed E-state index contributed by atoms with van der Waals surface area (Å²) in [5, 5.41) is 8.96. The van der Waals surface area contributed by atoms with Crippen LogP contribution in [0.2, 0.25) is 0 Å². The number of aromatic carboxylic acids is 1. The second-order valence-corrected chi connectivity index (χ2v) is 4.25. The van der Waals surface area contributed by atoms with Crippen molar-refractivity contribution in [2.24, 2.45) is 5.92 Å². The highest BCUT2D eigenvalue weighted by Gasteiger charge is 2.20. The van der Waals surface area contributed by atoms with Crippen molar-refractivity contribution < 1.29 is 14.6 Å². The van der Waals surface area contributed by atoms with Crippen LogP contribution in [-0.2, 0) is 11.3 Å². The minimum absolute atomic E-state index is 0.342. The van der Waals surface area contributed by atoms with Gasteiger partial charge in [0.15, 0.2) is 0 Å². The van der Waals surface area contributed by atoms with E-state index >= 15 is 0 Å². The molecular formula is C13H16O3. The number of rotatable bonds is 6. The average Bonchev–Trinajstić information content (AvgIpc) is 3.08. The van der Waals surface area contributed by atoms with Gasteiger partial charge in [0, 0.05) is 6.61 Å². The maximum absolute atomic E-state index is 10.9. The summed E-state index contributed by atoms with van der Waals surface area (Å²) in [5.74, 6) is -0.0314. The number of benzene rings is 1. The lowest BCUT2D eigenvalue weighted by atomic mass is 10.1. The number of hydrogen-bond donors (Lipinski definition) is 1. The van der Waals surface area contributed by atoms with E-state index in [-0.39, 0.29) is 0 Å². The lowest BCUT2D eigenvalue weighted by Gasteiger charge is -2.06. The first-order chi connectivity index (χ1) is 7.77. The van der Waals surface area contributed by atoms with E-state index in [9.17, 15) is 4.79 Å². The monoisotopic (exact) mass is 220 g/mol. The van der Waals surface area contributed by atoms with Crippen LogP contribution in [0.1, 0.15) is 35.2 Å². The van der Waals surface area contributed by atoms with Crippen molar-refractivity contribution >= 4 is 5.97 Å². The molecule has 1 aromatic carbocycles. The zero-order valence-corrected chi connectivity index (χ0v) is 9.19. The standard InChI is InChI=1S/C13H16O3/c14-13(15)12-4-2-1-3-11(12)9-16-8-7-10-5-6-10/h1-4,10H,5-9H2,(H,14,15). The molecule has 1 aliphatic carbocycles. The average molecular weight is 220 g/mol. The maximum Gasteiger partial charge on any atom is 0.336 e. The van der Waals surface area contributed by atoms with E-state index in [4.69, 9.17) is 9.84 Å². The predicted molar refractivity (Wildman–Crippen MR) is 60.4 cm³/mol. The number of carboxylic acid groups (broad SMARTS) is 1. The molecule has 86 valence electrons. The van der Waals surface area contributed by atoms with E-state index in [1.807, 2.05) is 6.07 Å². The van der Waals surface area contributed by atoms with Crippen molar-refractivity contribution in [3.63, 3.8) is 0 Å². The van der Waals surface area contributed by atoms with Gasteiger partial charge in [0.2, 0.25) is 0 Å². The summed E-state index contributed by atoms with van der Waals surface area (Å²) in [4.78, 5) is 10.9. The normalized spacial score (nSPS) is 15.0. The molecule has 1 aliphatic rings. The van der Waals surface area contributed by atoms with Crippen molar-refractivity contribution in [1.29, 1.82) is 0 Å². The SMILES string of the molecule is O=C(O)c1ccccc1COCCC1CC1. The van der Waals surface area contributed by atoms with Crippen LogP contribution >= 0.6 is 0 Å².